The molecule has 0 aliphatic carbocycles. The fourth-order valence-corrected chi connectivity index (χ4v) is 4.00. The highest BCUT2D eigenvalue weighted by Gasteiger charge is 2.34. The molecule has 0 saturated carbocycles. The van der Waals surface area contributed by atoms with Crippen LogP contribution in [0.15, 0.2) is 115 Å². The zero-order valence-electron chi connectivity index (χ0n) is 14.8. The van der Waals surface area contributed by atoms with Crippen molar-refractivity contribution in [2.75, 3.05) is 0 Å². The van der Waals surface area contributed by atoms with Crippen molar-refractivity contribution in [3.63, 3.8) is 0 Å². The van der Waals surface area contributed by atoms with Gasteiger partial charge in [0.15, 0.2) is 0 Å². The Morgan fingerprint density at radius 1 is 0.481 bits per heavy atom. The third kappa shape index (κ3) is 3.66. The molecule has 0 N–H and O–H groups in total. The summed E-state index contributed by atoms with van der Waals surface area (Å²) in [6.45, 7) is 0. The first-order valence-corrected chi connectivity index (χ1v) is 9.23. The van der Waals surface area contributed by atoms with Gasteiger partial charge in [0.2, 0.25) is 0 Å². The second-order valence-electron chi connectivity index (χ2n) is 6.35. The van der Waals surface area contributed by atoms with Gasteiger partial charge in [0.1, 0.15) is 0 Å². The Kier molecular flexibility index (Phi) is 6.05. The molecule has 4 rings (SSSR count). The van der Waals surface area contributed by atoms with Gasteiger partial charge in [0, 0.05) is 0 Å². The minimum Gasteiger partial charge on any atom is -0.158 e. The summed E-state index contributed by atoms with van der Waals surface area (Å²) in [5, 5.41) is 0. The molecule has 134 valence electrons. The van der Waals surface area contributed by atoms with E-state index in [9.17, 15) is 0 Å². The lowest BCUT2D eigenvalue weighted by Crippen LogP contribution is -2.23. The van der Waals surface area contributed by atoms with Crippen molar-refractivity contribution in [2.45, 2.75) is 4.75 Å². The molecule has 4 aromatic rings. The zero-order chi connectivity index (χ0) is 17.8. The molecule has 0 aromatic heterocycles. The maximum atomic E-state index is 5.31. The van der Waals surface area contributed by atoms with Crippen LogP contribution < -0.4 is 0 Å². The van der Waals surface area contributed by atoms with E-state index in [2.05, 4.69) is 103 Å². The maximum absolute atomic E-state index is 5.31. The van der Waals surface area contributed by atoms with E-state index in [0.29, 0.717) is 0 Å². The Hall–Kier alpha value is -2.48. The Bertz CT molecular complexity index is 943. The quantitative estimate of drug-likeness (QED) is 0.282. The van der Waals surface area contributed by atoms with Crippen LogP contribution in [0.3, 0.4) is 0 Å². The van der Waals surface area contributed by atoms with Crippen LogP contribution in [0.2, 0.25) is 0 Å². The first-order valence-electron chi connectivity index (χ1n) is 8.78. The second-order valence-corrected chi connectivity index (χ2v) is 7.02. The number of hydrogen-bond acceptors (Lipinski definition) is 1. The van der Waals surface area contributed by atoms with Gasteiger partial charge in [-0.15, -0.1) is 12.4 Å². The summed E-state index contributed by atoms with van der Waals surface area (Å²) in [7, 11) is 0. The van der Waals surface area contributed by atoms with Gasteiger partial charge in [-0.05, 0) is 27.8 Å². The number of halogens is 1. The summed E-state index contributed by atoms with van der Waals surface area (Å²) in [5.74, 6) is 0. The maximum Gasteiger partial charge on any atom is 0.0884 e. The van der Waals surface area contributed by atoms with Crippen LogP contribution in [0, 0.1) is 0 Å². The van der Waals surface area contributed by atoms with Gasteiger partial charge < -0.3 is 0 Å². The predicted octanol–water partition coefficient (Wildman–Crippen LogP) is 7.00. The van der Waals surface area contributed by atoms with Gasteiger partial charge in [0.05, 0.1) is 4.75 Å². The van der Waals surface area contributed by atoms with E-state index in [1.165, 1.54) is 16.7 Å². The Morgan fingerprint density at radius 2 is 0.889 bits per heavy atom. The third-order valence-corrected chi connectivity index (χ3v) is 5.54. The van der Waals surface area contributed by atoms with E-state index in [1.54, 1.807) is 0 Å². The van der Waals surface area contributed by atoms with Gasteiger partial charge in [-0.25, -0.2) is 0 Å². The summed E-state index contributed by atoms with van der Waals surface area (Å²) in [4.78, 5) is 0. The zero-order valence-corrected chi connectivity index (χ0v) is 16.5. The molecule has 2 heteroatoms. The molecule has 0 aliphatic heterocycles. The van der Waals surface area contributed by atoms with Crippen molar-refractivity contribution in [3.05, 3.63) is 132 Å². The molecule has 0 heterocycles. The highest BCUT2D eigenvalue weighted by molar-refractivity contribution is 7.81. The lowest BCUT2D eigenvalue weighted by Gasteiger charge is -2.32. The Balaban J connectivity index is 0.00000210. The van der Waals surface area contributed by atoms with Crippen LogP contribution in [0.1, 0.15) is 16.7 Å². The molecular weight excluding hydrogens is 368 g/mol. The van der Waals surface area contributed by atoms with Gasteiger partial charge in [-0.3, -0.25) is 0 Å². The Labute approximate surface area is 172 Å². The summed E-state index contributed by atoms with van der Waals surface area (Å²) in [6, 6.07) is 40.1. The monoisotopic (exact) mass is 388 g/mol. The molecule has 27 heavy (non-hydrogen) atoms. The smallest absolute Gasteiger partial charge is 0.0884 e. The van der Waals surface area contributed by atoms with Crippen LogP contribution >= 0.6 is 25.0 Å². The predicted molar refractivity (Wildman–Crippen MR) is 121 cm³/mol. The van der Waals surface area contributed by atoms with E-state index < -0.39 is 4.75 Å². The average Bonchev–Trinajstić information content (AvgIpc) is 2.75. The Morgan fingerprint density at radius 3 is 1.41 bits per heavy atom. The van der Waals surface area contributed by atoms with Crippen molar-refractivity contribution in [1.82, 2.24) is 0 Å². The lowest BCUT2D eigenvalue weighted by atomic mass is 9.80. The van der Waals surface area contributed by atoms with Crippen molar-refractivity contribution in [3.8, 4) is 11.1 Å². The van der Waals surface area contributed by atoms with Crippen LogP contribution in [0.4, 0.5) is 0 Å². The molecule has 4 aromatic carbocycles. The van der Waals surface area contributed by atoms with Crippen molar-refractivity contribution < 1.29 is 0 Å². The van der Waals surface area contributed by atoms with E-state index in [-0.39, 0.29) is 12.4 Å². The summed E-state index contributed by atoms with van der Waals surface area (Å²) in [5.41, 5.74) is 5.92. The van der Waals surface area contributed by atoms with Crippen LogP contribution in [-0.2, 0) is 4.75 Å². The molecule has 0 aliphatic rings. The lowest BCUT2D eigenvalue weighted by molar-refractivity contribution is 0.907. The van der Waals surface area contributed by atoms with Crippen molar-refractivity contribution in [1.29, 1.82) is 0 Å². The first kappa shape index (κ1) is 19.3. The number of thiol groups is 1. The van der Waals surface area contributed by atoms with Crippen molar-refractivity contribution in [2.24, 2.45) is 0 Å². The fraction of sp³-hybridized carbons (Fsp3) is 0.0400. The standard InChI is InChI=1S/C25H20S.ClH/c26-25(21-14-6-2-7-15-21,22-16-8-3-9-17-22)24-19-11-10-18-23(24)20-12-4-1-5-13-20;/h1-19,26H;1H. The summed E-state index contributed by atoms with van der Waals surface area (Å²) >= 11 is 5.31. The van der Waals surface area contributed by atoms with Gasteiger partial charge in [-0.1, -0.05) is 115 Å². The molecule has 0 radical (unpaired) electrons. The third-order valence-electron chi connectivity index (χ3n) is 4.78. The highest BCUT2D eigenvalue weighted by Crippen LogP contribution is 2.46. The number of hydrogen-bond donors (Lipinski definition) is 1. The topological polar surface area (TPSA) is 0 Å². The van der Waals surface area contributed by atoms with Gasteiger partial charge in [-0.2, -0.15) is 12.6 Å². The van der Waals surface area contributed by atoms with E-state index in [4.69, 9.17) is 12.6 Å². The number of rotatable bonds is 4. The molecule has 0 saturated heterocycles. The summed E-state index contributed by atoms with van der Waals surface area (Å²) < 4.78 is -0.533. The minimum absolute atomic E-state index is 0. The first-order chi connectivity index (χ1) is 12.8. The SMILES string of the molecule is Cl.SC(c1ccccc1)(c1ccccc1)c1ccccc1-c1ccccc1. The molecule has 0 spiro atoms. The molecule has 0 fully saturated rings. The molecule has 0 nitrogen and oxygen atoms in total. The molecule has 0 atom stereocenters. The molecule has 0 unspecified atom stereocenters. The van der Waals surface area contributed by atoms with Crippen LogP contribution in [0.25, 0.3) is 11.1 Å². The molecular formula is C25H21ClS. The average molecular weight is 389 g/mol. The second kappa shape index (κ2) is 8.47. The fourth-order valence-electron chi connectivity index (χ4n) is 3.50. The van der Waals surface area contributed by atoms with Crippen LogP contribution in [-0.4, -0.2) is 0 Å². The van der Waals surface area contributed by atoms with Crippen molar-refractivity contribution >= 4 is 25.0 Å². The van der Waals surface area contributed by atoms with Crippen LogP contribution in [0.5, 0.6) is 0 Å². The van der Waals surface area contributed by atoms with E-state index >= 15 is 0 Å². The summed E-state index contributed by atoms with van der Waals surface area (Å²) in [6.07, 6.45) is 0. The van der Waals surface area contributed by atoms with Gasteiger partial charge >= 0.3 is 0 Å². The highest BCUT2D eigenvalue weighted by atomic mass is 35.5. The van der Waals surface area contributed by atoms with E-state index in [1.807, 2.05) is 12.1 Å². The normalized spacial score (nSPS) is 10.9. The largest absolute Gasteiger partial charge is 0.158 e. The molecule has 0 bridgehead atoms. The molecule has 0 amide bonds. The minimum atomic E-state index is -0.533. The van der Waals surface area contributed by atoms with Gasteiger partial charge in [0.25, 0.3) is 0 Å². The van der Waals surface area contributed by atoms with E-state index in [0.717, 1.165) is 11.1 Å². The number of benzene rings is 4.